The van der Waals surface area contributed by atoms with Gasteiger partial charge in [0.25, 0.3) is 0 Å². The molecule has 1 aromatic carbocycles. The van der Waals surface area contributed by atoms with Gasteiger partial charge in [-0.25, -0.2) is 14.0 Å². The summed E-state index contributed by atoms with van der Waals surface area (Å²) in [6.45, 7) is 3.97. The zero-order valence-electron chi connectivity index (χ0n) is 16.2. The molecule has 1 aliphatic heterocycles. The summed E-state index contributed by atoms with van der Waals surface area (Å²) in [6.07, 6.45) is 0.528. The summed E-state index contributed by atoms with van der Waals surface area (Å²) in [5, 5.41) is 8.01. The maximum absolute atomic E-state index is 12.9. The van der Waals surface area contributed by atoms with Crippen LogP contribution in [-0.4, -0.2) is 55.6 Å². The fourth-order valence-corrected chi connectivity index (χ4v) is 2.89. The van der Waals surface area contributed by atoms with Gasteiger partial charge in [0.05, 0.1) is 24.8 Å². The van der Waals surface area contributed by atoms with Crippen molar-refractivity contribution in [1.82, 2.24) is 15.5 Å². The maximum atomic E-state index is 12.9. The van der Waals surface area contributed by atoms with Crippen LogP contribution < -0.4 is 16.0 Å². The molecular formula is C19H25FN4O4. The lowest BCUT2D eigenvalue weighted by Gasteiger charge is -2.30. The van der Waals surface area contributed by atoms with Gasteiger partial charge in [-0.15, -0.1) is 0 Å². The molecule has 1 atom stereocenters. The number of anilines is 1. The predicted molar refractivity (Wildman–Crippen MR) is 102 cm³/mol. The Balaban J connectivity index is 2.08. The number of carbonyl (C=O) groups is 3. The van der Waals surface area contributed by atoms with E-state index in [1.54, 1.807) is 18.9 Å². The number of nitrogens with zero attached hydrogens (tertiary/aromatic N) is 1. The van der Waals surface area contributed by atoms with Crippen molar-refractivity contribution in [2.24, 2.45) is 0 Å². The Morgan fingerprint density at radius 2 is 1.93 bits per heavy atom. The molecule has 0 aliphatic carbocycles. The van der Waals surface area contributed by atoms with Crippen LogP contribution in [0.15, 0.2) is 35.5 Å². The minimum atomic E-state index is -0.499. The molecule has 0 saturated carbocycles. The standard InChI is InChI=1S/C19H25FN4O4/c1-4-14-17(18(26)28-5-2)15(23-19(27)22-14)10-24(3)11-16(25)21-13-8-6-12(20)7-9-13/h6-9,14H,4-5,10-11H2,1-3H3,(H,21,25)(H2,22,23,27)/t14-/m0/s1. The molecule has 2 rings (SSSR count). The van der Waals surface area contributed by atoms with E-state index >= 15 is 0 Å². The van der Waals surface area contributed by atoms with Crippen LogP contribution in [0.3, 0.4) is 0 Å². The van der Waals surface area contributed by atoms with Gasteiger partial charge in [-0.2, -0.15) is 0 Å². The van der Waals surface area contributed by atoms with E-state index in [4.69, 9.17) is 4.74 Å². The van der Waals surface area contributed by atoms with Crippen molar-refractivity contribution in [3.8, 4) is 0 Å². The molecular weight excluding hydrogens is 367 g/mol. The van der Waals surface area contributed by atoms with Crippen LogP contribution in [0.5, 0.6) is 0 Å². The molecule has 9 heteroatoms. The number of benzene rings is 1. The van der Waals surface area contributed by atoms with Gasteiger partial charge in [0.15, 0.2) is 0 Å². The van der Waals surface area contributed by atoms with E-state index in [-0.39, 0.29) is 31.4 Å². The van der Waals surface area contributed by atoms with E-state index < -0.39 is 18.0 Å². The summed E-state index contributed by atoms with van der Waals surface area (Å²) in [6, 6.07) is 4.58. The molecule has 0 aromatic heterocycles. The Morgan fingerprint density at radius 1 is 1.25 bits per heavy atom. The van der Waals surface area contributed by atoms with E-state index in [1.807, 2.05) is 6.92 Å². The zero-order chi connectivity index (χ0) is 20.7. The van der Waals surface area contributed by atoms with Crippen LogP contribution in [-0.2, 0) is 14.3 Å². The van der Waals surface area contributed by atoms with Gasteiger partial charge in [-0.3, -0.25) is 9.69 Å². The Hall–Kier alpha value is -2.94. The van der Waals surface area contributed by atoms with Gasteiger partial charge in [-0.1, -0.05) is 6.92 Å². The van der Waals surface area contributed by atoms with Crippen molar-refractivity contribution in [2.75, 3.05) is 32.1 Å². The summed E-state index contributed by atoms with van der Waals surface area (Å²) in [5.41, 5.74) is 1.24. The van der Waals surface area contributed by atoms with E-state index in [0.29, 0.717) is 23.4 Å². The number of rotatable bonds is 8. The molecule has 1 heterocycles. The highest BCUT2D eigenvalue weighted by Crippen LogP contribution is 2.17. The Kier molecular flexibility index (Phi) is 7.51. The van der Waals surface area contributed by atoms with Crippen molar-refractivity contribution < 1.29 is 23.5 Å². The lowest BCUT2D eigenvalue weighted by atomic mass is 10.00. The maximum Gasteiger partial charge on any atom is 0.337 e. The van der Waals surface area contributed by atoms with Crippen LogP contribution in [0.2, 0.25) is 0 Å². The first-order valence-electron chi connectivity index (χ1n) is 9.05. The molecule has 152 valence electrons. The van der Waals surface area contributed by atoms with E-state index in [0.717, 1.165) is 0 Å². The molecule has 3 N–H and O–H groups in total. The van der Waals surface area contributed by atoms with Gasteiger partial charge in [0.2, 0.25) is 5.91 Å². The fourth-order valence-electron chi connectivity index (χ4n) is 2.89. The normalized spacial score (nSPS) is 16.5. The van der Waals surface area contributed by atoms with Crippen molar-refractivity contribution in [2.45, 2.75) is 26.3 Å². The fraction of sp³-hybridized carbons (Fsp3) is 0.421. The average Bonchev–Trinajstić information content (AvgIpc) is 2.62. The topological polar surface area (TPSA) is 99.8 Å². The summed E-state index contributed by atoms with van der Waals surface area (Å²) < 4.78 is 18.1. The van der Waals surface area contributed by atoms with E-state index in [2.05, 4.69) is 16.0 Å². The number of ether oxygens (including phenoxy) is 1. The van der Waals surface area contributed by atoms with Crippen molar-refractivity contribution in [3.05, 3.63) is 41.4 Å². The van der Waals surface area contributed by atoms with Crippen molar-refractivity contribution in [1.29, 1.82) is 0 Å². The molecule has 0 bridgehead atoms. The van der Waals surface area contributed by atoms with Crippen LogP contribution in [0.25, 0.3) is 0 Å². The molecule has 28 heavy (non-hydrogen) atoms. The second-order valence-electron chi connectivity index (χ2n) is 6.40. The number of urea groups is 1. The molecule has 0 unspecified atom stereocenters. The molecule has 0 fully saturated rings. The smallest absolute Gasteiger partial charge is 0.337 e. The molecule has 1 aromatic rings. The highest BCUT2D eigenvalue weighted by molar-refractivity contribution is 5.95. The third-order valence-corrected chi connectivity index (χ3v) is 4.12. The largest absolute Gasteiger partial charge is 0.463 e. The second kappa shape index (κ2) is 9.84. The number of amides is 3. The average molecular weight is 392 g/mol. The molecule has 0 saturated heterocycles. The SMILES string of the molecule is CCOC(=O)C1=C(CN(C)CC(=O)Nc2ccc(F)cc2)NC(=O)N[C@H]1CC. The van der Waals surface area contributed by atoms with Gasteiger partial charge >= 0.3 is 12.0 Å². The van der Waals surface area contributed by atoms with Gasteiger partial charge < -0.3 is 20.7 Å². The lowest BCUT2D eigenvalue weighted by Crippen LogP contribution is -2.52. The first-order chi connectivity index (χ1) is 13.3. The minimum Gasteiger partial charge on any atom is -0.463 e. The van der Waals surface area contributed by atoms with Crippen LogP contribution in [0.1, 0.15) is 20.3 Å². The Bertz CT molecular complexity index is 764. The number of esters is 1. The van der Waals surface area contributed by atoms with Crippen LogP contribution in [0, 0.1) is 5.82 Å². The summed E-state index contributed by atoms with van der Waals surface area (Å²) in [5.74, 6) is -1.19. The first-order valence-corrected chi connectivity index (χ1v) is 9.05. The summed E-state index contributed by atoms with van der Waals surface area (Å²) in [7, 11) is 1.69. The number of hydrogen-bond donors (Lipinski definition) is 3. The lowest BCUT2D eigenvalue weighted by molar-refractivity contribution is -0.139. The number of halogens is 1. The van der Waals surface area contributed by atoms with Crippen LogP contribution >= 0.6 is 0 Å². The highest BCUT2D eigenvalue weighted by Gasteiger charge is 2.31. The third-order valence-electron chi connectivity index (χ3n) is 4.12. The zero-order valence-corrected chi connectivity index (χ0v) is 16.2. The number of hydrogen-bond acceptors (Lipinski definition) is 5. The first kappa shape index (κ1) is 21.4. The third kappa shape index (κ3) is 5.78. The van der Waals surface area contributed by atoms with Gasteiger partial charge in [-0.05, 0) is 44.7 Å². The molecule has 3 amide bonds. The Labute approximate surface area is 163 Å². The van der Waals surface area contributed by atoms with Crippen molar-refractivity contribution >= 4 is 23.6 Å². The Morgan fingerprint density at radius 3 is 2.54 bits per heavy atom. The second-order valence-corrected chi connectivity index (χ2v) is 6.40. The van der Waals surface area contributed by atoms with E-state index in [9.17, 15) is 18.8 Å². The summed E-state index contributed by atoms with van der Waals surface area (Å²) in [4.78, 5) is 38.1. The molecule has 0 radical (unpaired) electrons. The quantitative estimate of drug-likeness (QED) is 0.584. The molecule has 1 aliphatic rings. The van der Waals surface area contributed by atoms with Gasteiger partial charge in [0, 0.05) is 17.9 Å². The highest BCUT2D eigenvalue weighted by atomic mass is 19.1. The van der Waals surface area contributed by atoms with Crippen LogP contribution in [0.4, 0.5) is 14.9 Å². The molecule has 0 spiro atoms. The predicted octanol–water partition coefficient (Wildman–Crippen LogP) is 1.60. The molecule has 8 nitrogen and oxygen atoms in total. The number of nitrogens with one attached hydrogen (secondary N) is 3. The number of carbonyl (C=O) groups excluding carboxylic acids is 3. The van der Waals surface area contributed by atoms with Crippen molar-refractivity contribution in [3.63, 3.8) is 0 Å². The monoisotopic (exact) mass is 392 g/mol. The minimum absolute atomic E-state index is 0.0110. The summed E-state index contributed by atoms with van der Waals surface area (Å²) >= 11 is 0. The number of likely N-dealkylation sites (N-methyl/N-ethyl adjacent to an activating group) is 1. The van der Waals surface area contributed by atoms with E-state index in [1.165, 1.54) is 24.3 Å². The van der Waals surface area contributed by atoms with Gasteiger partial charge in [0.1, 0.15) is 5.82 Å².